The monoisotopic (exact) mass is 272 g/mol. The maximum Gasteiger partial charge on any atom is -0.0152 e. The summed E-state index contributed by atoms with van der Waals surface area (Å²) in [5.74, 6) is 0. The summed E-state index contributed by atoms with van der Waals surface area (Å²) in [7, 11) is 0. The van der Waals surface area contributed by atoms with Crippen molar-refractivity contribution in [1.29, 1.82) is 0 Å². The molecule has 0 fully saturated rings. The Morgan fingerprint density at radius 3 is 1.57 bits per heavy atom. The van der Waals surface area contributed by atoms with Crippen LogP contribution in [0.4, 0.5) is 0 Å². The van der Waals surface area contributed by atoms with Crippen LogP contribution >= 0.6 is 0 Å². The molecule has 0 saturated heterocycles. The van der Waals surface area contributed by atoms with Crippen molar-refractivity contribution in [3.05, 3.63) is 83.4 Å². The van der Waals surface area contributed by atoms with Crippen LogP contribution in [0.5, 0.6) is 0 Å². The average Bonchev–Trinajstić information content (AvgIpc) is 2.49. The van der Waals surface area contributed by atoms with E-state index >= 15 is 0 Å². The van der Waals surface area contributed by atoms with Gasteiger partial charge < -0.3 is 0 Å². The van der Waals surface area contributed by atoms with Gasteiger partial charge in [-0.2, -0.15) is 0 Å². The second kappa shape index (κ2) is 5.57. The van der Waals surface area contributed by atoms with E-state index < -0.39 is 0 Å². The molecule has 104 valence electrons. The highest BCUT2D eigenvalue weighted by Crippen LogP contribution is 2.31. The van der Waals surface area contributed by atoms with Gasteiger partial charge in [0.15, 0.2) is 0 Å². The molecular weight excluding hydrogens is 252 g/mol. The maximum atomic E-state index is 2.30. The van der Waals surface area contributed by atoms with Crippen molar-refractivity contribution in [2.24, 2.45) is 0 Å². The van der Waals surface area contributed by atoms with Gasteiger partial charge in [-0.05, 0) is 59.7 Å². The minimum absolute atomic E-state index is 1.29. The van der Waals surface area contributed by atoms with Crippen LogP contribution in [-0.2, 0) is 0 Å². The molecule has 0 aromatic heterocycles. The van der Waals surface area contributed by atoms with E-state index in [1.807, 2.05) is 0 Å². The summed E-state index contributed by atoms with van der Waals surface area (Å²) in [6.45, 7) is 6.54. The summed E-state index contributed by atoms with van der Waals surface area (Å²) in [5.41, 5.74) is 9.23. The van der Waals surface area contributed by atoms with Gasteiger partial charge in [-0.25, -0.2) is 0 Å². The van der Waals surface area contributed by atoms with Crippen LogP contribution in [0.2, 0.25) is 0 Å². The molecule has 21 heavy (non-hydrogen) atoms. The zero-order chi connectivity index (χ0) is 14.8. The average molecular weight is 272 g/mol. The Hall–Kier alpha value is -2.34. The molecule has 0 aliphatic rings. The van der Waals surface area contributed by atoms with Crippen LogP contribution in [-0.4, -0.2) is 0 Å². The van der Waals surface area contributed by atoms with Crippen molar-refractivity contribution in [2.45, 2.75) is 20.8 Å². The Labute approximate surface area is 127 Å². The summed E-state index contributed by atoms with van der Waals surface area (Å²) >= 11 is 0. The SMILES string of the molecule is Cc1ccccc1-c1ccc(-c2ccccc2C)c(C)c1. The van der Waals surface area contributed by atoms with Crippen molar-refractivity contribution in [2.75, 3.05) is 0 Å². The zero-order valence-corrected chi connectivity index (χ0v) is 12.9. The van der Waals surface area contributed by atoms with Crippen LogP contribution in [0.1, 0.15) is 16.7 Å². The molecule has 3 aromatic rings. The van der Waals surface area contributed by atoms with Gasteiger partial charge >= 0.3 is 0 Å². The zero-order valence-electron chi connectivity index (χ0n) is 12.9. The topological polar surface area (TPSA) is 0 Å². The quantitative estimate of drug-likeness (QED) is 0.541. The number of benzene rings is 3. The van der Waals surface area contributed by atoms with E-state index in [9.17, 15) is 0 Å². The molecule has 0 spiro atoms. The molecule has 0 aliphatic carbocycles. The highest BCUT2D eigenvalue weighted by Gasteiger charge is 2.07. The number of hydrogen-bond donors (Lipinski definition) is 0. The van der Waals surface area contributed by atoms with E-state index in [2.05, 4.69) is 87.5 Å². The predicted molar refractivity (Wildman–Crippen MR) is 91.5 cm³/mol. The fourth-order valence-electron chi connectivity index (χ4n) is 2.91. The molecule has 0 atom stereocenters. The molecule has 3 rings (SSSR count). The fraction of sp³-hybridized carbons (Fsp3) is 0.143. The molecule has 3 aromatic carbocycles. The van der Waals surface area contributed by atoms with Gasteiger partial charge in [-0.15, -0.1) is 0 Å². The van der Waals surface area contributed by atoms with Gasteiger partial charge in [0.25, 0.3) is 0 Å². The van der Waals surface area contributed by atoms with Crippen molar-refractivity contribution in [3.8, 4) is 22.3 Å². The molecule has 0 heterocycles. The lowest BCUT2D eigenvalue weighted by atomic mass is 9.92. The van der Waals surface area contributed by atoms with Crippen molar-refractivity contribution < 1.29 is 0 Å². The maximum absolute atomic E-state index is 2.30. The van der Waals surface area contributed by atoms with Gasteiger partial charge in [0, 0.05) is 0 Å². The Bertz CT molecular complexity index is 782. The molecule has 0 aliphatic heterocycles. The van der Waals surface area contributed by atoms with Crippen molar-refractivity contribution in [3.63, 3.8) is 0 Å². The fourth-order valence-corrected chi connectivity index (χ4v) is 2.91. The van der Waals surface area contributed by atoms with Crippen LogP contribution in [0.25, 0.3) is 22.3 Å². The normalized spacial score (nSPS) is 10.6. The summed E-state index contributed by atoms with van der Waals surface area (Å²) < 4.78 is 0. The predicted octanol–water partition coefficient (Wildman–Crippen LogP) is 5.95. The largest absolute Gasteiger partial charge is 0.0620 e. The van der Waals surface area contributed by atoms with E-state index in [0.717, 1.165) is 0 Å². The van der Waals surface area contributed by atoms with Crippen molar-refractivity contribution >= 4 is 0 Å². The summed E-state index contributed by atoms with van der Waals surface area (Å²) in [5, 5.41) is 0. The third kappa shape index (κ3) is 2.62. The number of aryl methyl sites for hydroxylation is 3. The minimum atomic E-state index is 1.29. The first kappa shape index (κ1) is 13.6. The smallest absolute Gasteiger partial charge is 0.0152 e. The van der Waals surface area contributed by atoms with Crippen LogP contribution in [0.15, 0.2) is 66.7 Å². The molecule has 0 N–H and O–H groups in total. The van der Waals surface area contributed by atoms with E-state index in [1.54, 1.807) is 0 Å². The van der Waals surface area contributed by atoms with Gasteiger partial charge in [-0.1, -0.05) is 66.7 Å². The van der Waals surface area contributed by atoms with Crippen molar-refractivity contribution in [1.82, 2.24) is 0 Å². The number of hydrogen-bond acceptors (Lipinski definition) is 0. The van der Waals surface area contributed by atoms with Gasteiger partial charge in [0.2, 0.25) is 0 Å². The third-order valence-corrected chi connectivity index (χ3v) is 4.12. The highest BCUT2D eigenvalue weighted by molar-refractivity contribution is 5.76. The van der Waals surface area contributed by atoms with Gasteiger partial charge in [0.05, 0.1) is 0 Å². The van der Waals surface area contributed by atoms with Gasteiger partial charge in [-0.3, -0.25) is 0 Å². The molecule has 0 saturated carbocycles. The molecular formula is C21H20. The molecule has 0 radical (unpaired) electrons. The summed E-state index contributed by atoms with van der Waals surface area (Å²) in [4.78, 5) is 0. The Morgan fingerprint density at radius 1 is 0.476 bits per heavy atom. The first-order valence-corrected chi connectivity index (χ1v) is 7.39. The summed E-state index contributed by atoms with van der Waals surface area (Å²) in [6, 6.07) is 23.9. The first-order valence-electron chi connectivity index (χ1n) is 7.39. The van der Waals surface area contributed by atoms with E-state index in [1.165, 1.54) is 38.9 Å². The Balaban J connectivity index is 2.09. The standard InChI is InChI=1S/C21H20/c1-15-8-4-6-10-19(15)18-12-13-21(17(3)14-18)20-11-7-5-9-16(20)2/h4-14H,1-3H3. The van der Waals surface area contributed by atoms with E-state index in [0.29, 0.717) is 0 Å². The van der Waals surface area contributed by atoms with Crippen LogP contribution in [0.3, 0.4) is 0 Å². The molecule has 0 heteroatoms. The molecule has 0 amide bonds. The Morgan fingerprint density at radius 2 is 1.00 bits per heavy atom. The summed E-state index contributed by atoms with van der Waals surface area (Å²) in [6.07, 6.45) is 0. The van der Waals surface area contributed by atoms with Crippen LogP contribution < -0.4 is 0 Å². The minimum Gasteiger partial charge on any atom is -0.0620 e. The second-order valence-corrected chi connectivity index (χ2v) is 5.66. The van der Waals surface area contributed by atoms with E-state index in [4.69, 9.17) is 0 Å². The number of rotatable bonds is 2. The Kier molecular flexibility index (Phi) is 3.62. The van der Waals surface area contributed by atoms with Crippen LogP contribution in [0, 0.1) is 20.8 Å². The third-order valence-electron chi connectivity index (χ3n) is 4.12. The molecule has 0 nitrogen and oxygen atoms in total. The lowest BCUT2D eigenvalue weighted by Gasteiger charge is -2.12. The molecule has 0 bridgehead atoms. The van der Waals surface area contributed by atoms with Gasteiger partial charge in [0.1, 0.15) is 0 Å². The lowest BCUT2D eigenvalue weighted by molar-refractivity contribution is 1.39. The highest BCUT2D eigenvalue weighted by atomic mass is 14.1. The second-order valence-electron chi connectivity index (χ2n) is 5.66. The lowest BCUT2D eigenvalue weighted by Crippen LogP contribution is -1.89. The first-order chi connectivity index (χ1) is 10.2. The molecule has 0 unspecified atom stereocenters. The van der Waals surface area contributed by atoms with E-state index in [-0.39, 0.29) is 0 Å².